The zero-order valence-corrected chi connectivity index (χ0v) is 18.1. The quantitative estimate of drug-likeness (QED) is 0.280. The third-order valence-electron chi connectivity index (χ3n) is 4.49. The Morgan fingerprint density at radius 3 is 2.80 bits per heavy atom. The van der Waals surface area contributed by atoms with E-state index in [2.05, 4.69) is 57.5 Å². The third kappa shape index (κ3) is 7.92. The number of guanidine groups is 1. The van der Waals surface area contributed by atoms with Gasteiger partial charge in [0.05, 0.1) is 6.61 Å². The van der Waals surface area contributed by atoms with Gasteiger partial charge in [-0.3, -0.25) is 4.99 Å². The summed E-state index contributed by atoms with van der Waals surface area (Å²) in [6.45, 7) is 5.99. The minimum Gasteiger partial charge on any atom is -0.384 e. The van der Waals surface area contributed by atoms with Gasteiger partial charge in [-0.15, -0.1) is 24.0 Å². The van der Waals surface area contributed by atoms with Crippen LogP contribution in [0.25, 0.3) is 0 Å². The lowest BCUT2D eigenvalue weighted by atomic mass is 10.1. The van der Waals surface area contributed by atoms with Crippen molar-refractivity contribution in [2.75, 3.05) is 54.0 Å². The second-order valence-corrected chi connectivity index (χ2v) is 6.61. The molecule has 142 valence electrons. The number of aliphatic imine (C=N–C) groups is 1. The molecule has 0 bridgehead atoms. The smallest absolute Gasteiger partial charge is 0.193 e. The number of halogens is 1. The molecule has 25 heavy (non-hydrogen) atoms. The molecule has 0 saturated carbocycles. The fraction of sp³-hybridized carbons (Fsp3) is 0.632. The average molecular weight is 460 g/mol. The molecule has 0 aliphatic carbocycles. The molecule has 1 aromatic rings. The minimum absolute atomic E-state index is 0. The van der Waals surface area contributed by atoms with Crippen LogP contribution in [0, 0.1) is 5.92 Å². The van der Waals surface area contributed by atoms with Crippen molar-refractivity contribution in [1.29, 1.82) is 0 Å². The van der Waals surface area contributed by atoms with Gasteiger partial charge in [0.25, 0.3) is 0 Å². The van der Waals surface area contributed by atoms with Gasteiger partial charge in [-0.2, -0.15) is 0 Å². The number of nitrogens with one attached hydrogen (secondary N) is 1. The minimum atomic E-state index is 0. The molecule has 1 aromatic carbocycles. The van der Waals surface area contributed by atoms with Crippen molar-refractivity contribution in [3.8, 4) is 0 Å². The molecule has 1 aliphatic rings. The van der Waals surface area contributed by atoms with Crippen molar-refractivity contribution in [2.45, 2.75) is 19.4 Å². The molecule has 0 spiro atoms. The highest BCUT2D eigenvalue weighted by Crippen LogP contribution is 2.16. The summed E-state index contributed by atoms with van der Waals surface area (Å²) in [5, 5.41) is 3.50. The fourth-order valence-electron chi connectivity index (χ4n) is 3.25. The van der Waals surface area contributed by atoms with Gasteiger partial charge in [0, 0.05) is 46.3 Å². The van der Waals surface area contributed by atoms with Gasteiger partial charge < -0.3 is 19.9 Å². The fourth-order valence-corrected chi connectivity index (χ4v) is 3.25. The van der Waals surface area contributed by atoms with Crippen LogP contribution >= 0.6 is 24.0 Å². The van der Waals surface area contributed by atoms with Crippen LogP contribution in [0.1, 0.15) is 18.4 Å². The Morgan fingerprint density at radius 2 is 2.12 bits per heavy atom. The first-order valence-corrected chi connectivity index (χ1v) is 8.90. The summed E-state index contributed by atoms with van der Waals surface area (Å²) in [5.41, 5.74) is 1.37. The SMILES string of the molecule is CN=C(NCCCN(C)Cc1ccccc1)N1CCC(COC)C1.I. The van der Waals surface area contributed by atoms with Gasteiger partial charge in [0.1, 0.15) is 0 Å². The van der Waals surface area contributed by atoms with Gasteiger partial charge in [-0.1, -0.05) is 30.3 Å². The second-order valence-electron chi connectivity index (χ2n) is 6.61. The van der Waals surface area contributed by atoms with Crippen LogP contribution in [0.3, 0.4) is 0 Å². The van der Waals surface area contributed by atoms with E-state index < -0.39 is 0 Å². The van der Waals surface area contributed by atoms with E-state index in [9.17, 15) is 0 Å². The van der Waals surface area contributed by atoms with Gasteiger partial charge in [0.2, 0.25) is 0 Å². The van der Waals surface area contributed by atoms with E-state index in [1.54, 1.807) is 7.11 Å². The predicted molar refractivity (Wildman–Crippen MR) is 116 cm³/mol. The van der Waals surface area contributed by atoms with Crippen molar-refractivity contribution >= 4 is 29.9 Å². The van der Waals surface area contributed by atoms with Gasteiger partial charge in [-0.25, -0.2) is 0 Å². The van der Waals surface area contributed by atoms with E-state index in [0.29, 0.717) is 5.92 Å². The maximum Gasteiger partial charge on any atom is 0.193 e. The van der Waals surface area contributed by atoms with Crippen LogP contribution in [0.2, 0.25) is 0 Å². The van der Waals surface area contributed by atoms with E-state index in [1.807, 2.05) is 7.05 Å². The molecule has 1 fully saturated rings. The lowest BCUT2D eigenvalue weighted by molar-refractivity contribution is 0.157. The number of likely N-dealkylation sites (tertiary alicyclic amines) is 1. The summed E-state index contributed by atoms with van der Waals surface area (Å²) in [6.07, 6.45) is 2.30. The number of benzene rings is 1. The standard InChI is InChI=1S/C19H32N4O.HI/c1-20-19(23-13-10-18(15-23)16-24-3)21-11-7-12-22(2)14-17-8-5-4-6-9-17;/h4-6,8-9,18H,7,10-16H2,1-3H3,(H,20,21);1H. The summed E-state index contributed by atoms with van der Waals surface area (Å²) >= 11 is 0. The molecule has 0 aromatic heterocycles. The maximum atomic E-state index is 5.27. The van der Waals surface area contributed by atoms with Crippen LogP contribution in [0.5, 0.6) is 0 Å². The first kappa shape index (κ1) is 22.2. The molecule has 0 radical (unpaired) electrons. The number of ether oxygens (including phenoxy) is 1. The van der Waals surface area contributed by atoms with Crippen LogP contribution in [-0.2, 0) is 11.3 Å². The van der Waals surface area contributed by atoms with Crippen LogP contribution in [0.15, 0.2) is 35.3 Å². The van der Waals surface area contributed by atoms with E-state index >= 15 is 0 Å². The van der Waals surface area contributed by atoms with Crippen LogP contribution in [-0.4, -0.2) is 69.8 Å². The number of hydrogen-bond acceptors (Lipinski definition) is 3. The molecule has 1 unspecified atom stereocenters. The van der Waals surface area contributed by atoms with E-state index in [1.165, 1.54) is 12.0 Å². The lowest BCUT2D eigenvalue weighted by Crippen LogP contribution is -2.41. The Bertz CT molecular complexity index is 497. The summed E-state index contributed by atoms with van der Waals surface area (Å²) < 4.78 is 5.27. The number of hydrogen-bond donors (Lipinski definition) is 1. The molecule has 1 aliphatic heterocycles. The van der Waals surface area contributed by atoms with Gasteiger partial charge in [-0.05, 0) is 32.0 Å². The maximum absolute atomic E-state index is 5.27. The monoisotopic (exact) mass is 460 g/mol. The molecular weight excluding hydrogens is 427 g/mol. The number of nitrogens with zero attached hydrogens (tertiary/aromatic N) is 3. The molecule has 1 N–H and O–H groups in total. The summed E-state index contributed by atoms with van der Waals surface area (Å²) in [5.74, 6) is 1.66. The van der Waals surface area contributed by atoms with E-state index in [0.717, 1.165) is 51.7 Å². The highest BCUT2D eigenvalue weighted by atomic mass is 127. The largest absolute Gasteiger partial charge is 0.384 e. The molecule has 5 nitrogen and oxygen atoms in total. The van der Waals surface area contributed by atoms with Gasteiger partial charge in [0.15, 0.2) is 5.96 Å². The molecule has 0 amide bonds. The number of methoxy groups -OCH3 is 1. The van der Waals surface area contributed by atoms with Crippen molar-refractivity contribution in [3.63, 3.8) is 0 Å². The Balaban J connectivity index is 0.00000312. The van der Waals surface area contributed by atoms with Gasteiger partial charge >= 0.3 is 0 Å². The Morgan fingerprint density at radius 1 is 1.36 bits per heavy atom. The van der Waals surface area contributed by atoms with E-state index in [4.69, 9.17) is 4.74 Å². The Labute approximate surface area is 169 Å². The highest BCUT2D eigenvalue weighted by Gasteiger charge is 2.24. The van der Waals surface area contributed by atoms with Crippen molar-refractivity contribution in [3.05, 3.63) is 35.9 Å². The topological polar surface area (TPSA) is 40.1 Å². The predicted octanol–water partition coefficient (Wildman–Crippen LogP) is 2.67. The van der Waals surface area contributed by atoms with Crippen molar-refractivity contribution in [1.82, 2.24) is 15.1 Å². The normalized spacial score (nSPS) is 17.7. The number of rotatable bonds is 8. The molecule has 1 saturated heterocycles. The average Bonchev–Trinajstić information content (AvgIpc) is 3.04. The summed E-state index contributed by atoms with van der Waals surface area (Å²) in [7, 11) is 5.83. The summed E-state index contributed by atoms with van der Waals surface area (Å²) in [6, 6.07) is 10.6. The molecular formula is C19H33IN4O. The molecule has 6 heteroatoms. The van der Waals surface area contributed by atoms with Crippen molar-refractivity contribution in [2.24, 2.45) is 10.9 Å². The molecule has 2 rings (SSSR count). The second kappa shape index (κ2) is 12.5. The van der Waals surface area contributed by atoms with Crippen LogP contribution in [0.4, 0.5) is 0 Å². The van der Waals surface area contributed by atoms with Crippen molar-refractivity contribution < 1.29 is 4.74 Å². The van der Waals surface area contributed by atoms with E-state index in [-0.39, 0.29) is 24.0 Å². The zero-order chi connectivity index (χ0) is 17.2. The Kier molecular flexibility index (Phi) is 11.1. The highest BCUT2D eigenvalue weighted by molar-refractivity contribution is 14.0. The Hall–Kier alpha value is -0.860. The zero-order valence-electron chi connectivity index (χ0n) is 15.8. The molecule has 1 heterocycles. The third-order valence-corrected chi connectivity index (χ3v) is 4.49. The summed E-state index contributed by atoms with van der Waals surface area (Å²) in [4.78, 5) is 9.14. The molecule has 1 atom stereocenters. The first-order valence-electron chi connectivity index (χ1n) is 8.90. The van der Waals surface area contributed by atoms with Crippen LogP contribution < -0.4 is 5.32 Å². The first-order chi connectivity index (χ1) is 11.7. The lowest BCUT2D eigenvalue weighted by Gasteiger charge is -2.22.